The van der Waals surface area contributed by atoms with Gasteiger partial charge in [-0.05, 0) is 62.1 Å². The molecule has 220 valence electrons. The van der Waals surface area contributed by atoms with Gasteiger partial charge in [0.25, 0.3) is 5.91 Å². The molecule has 3 aliphatic heterocycles. The van der Waals surface area contributed by atoms with E-state index in [0.29, 0.717) is 23.4 Å². The van der Waals surface area contributed by atoms with Crippen LogP contribution >= 0.6 is 11.6 Å². The van der Waals surface area contributed by atoms with Gasteiger partial charge in [-0.15, -0.1) is 0 Å². The number of anilines is 3. The number of rotatable bonds is 6. The van der Waals surface area contributed by atoms with Gasteiger partial charge in [0.15, 0.2) is 5.65 Å². The maximum atomic E-state index is 14.0. The maximum absolute atomic E-state index is 14.0. The molecule has 3 atom stereocenters. The fourth-order valence-electron chi connectivity index (χ4n) is 6.53. The highest BCUT2D eigenvalue weighted by molar-refractivity contribution is 7.92. The summed E-state index contributed by atoms with van der Waals surface area (Å²) in [6.07, 6.45) is 6.04. The monoisotopic (exact) mass is 599 g/mol. The van der Waals surface area contributed by atoms with Crippen LogP contribution in [-0.2, 0) is 10.0 Å². The summed E-state index contributed by atoms with van der Waals surface area (Å²) in [6.45, 7) is 9.10. The van der Waals surface area contributed by atoms with Crippen LogP contribution in [0.25, 0.3) is 5.65 Å². The predicted octanol–water partition coefficient (Wildman–Crippen LogP) is 4.81. The third kappa shape index (κ3) is 5.83. The summed E-state index contributed by atoms with van der Waals surface area (Å²) < 4.78 is 28.5. The van der Waals surface area contributed by atoms with E-state index in [0.717, 1.165) is 74.7 Å². The van der Waals surface area contributed by atoms with Gasteiger partial charge in [-0.1, -0.05) is 25.4 Å². The van der Waals surface area contributed by atoms with E-state index in [2.05, 4.69) is 34.4 Å². The molecule has 0 bridgehead atoms. The van der Waals surface area contributed by atoms with Crippen LogP contribution in [0.3, 0.4) is 0 Å². The van der Waals surface area contributed by atoms with E-state index in [-0.39, 0.29) is 23.2 Å². The molecule has 12 heteroatoms. The normalized spacial score (nSPS) is 23.5. The number of hydrogen-bond acceptors (Lipinski definition) is 7. The predicted molar refractivity (Wildman–Crippen MR) is 163 cm³/mol. The average Bonchev–Trinajstić information content (AvgIpc) is 3.30. The number of carbonyl (C=O) groups excluding carboxylic acids is 1. The average molecular weight is 600 g/mol. The van der Waals surface area contributed by atoms with Crippen LogP contribution in [0.5, 0.6) is 0 Å². The number of fused-ring (bicyclic) bond motifs is 1. The summed E-state index contributed by atoms with van der Waals surface area (Å²) in [5.41, 5.74) is 2.03. The van der Waals surface area contributed by atoms with Crippen LogP contribution in [-0.4, -0.2) is 72.8 Å². The molecular weight excluding hydrogens is 562 g/mol. The van der Waals surface area contributed by atoms with E-state index in [1.165, 1.54) is 25.0 Å². The molecule has 0 aliphatic carbocycles. The minimum absolute atomic E-state index is 0.220. The molecule has 3 aliphatic rings. The number of amides is 1. The number of likely N-dealkylation sites (tertiary alicyclic amines) is 1. The van der Waals surface area contributed by atoms with Gasteiger partial charge in [0, 0.05) is 49.9 Å². The van der Waals surface area contributed by atoms with Crippen molar-refractivity contribution in [2.45, 2.75) is 52.0 Å². The Morgan fingerprint density at radius 3 is 2.44 bits per heavy atom. The minimum atomic E-state index is -3.59. The van der Waals surface area contributed by atoms with Gasteiger partial charge >= 0.3 is 0 Å². The van der Waals surface area contributed by atoms with Gasteiger partial charge < -0.3 is 14.7 Å². The van der Waals surface area contributed by atoms with E-state index >= 15 is 0 Å². The first-order valence-corrected chi connectivity index (χ1v) is 16.8. The van der Waals surface area contributed by atoms with Gasteiger partial charge in [-0.2, -0.15) is 9.61 Å². The van der Waals surface area contributed by atoms with E-state index in [1.807, 2.05) is 15.5 Å². The molecule has 1 aromatic carbocycles. The number of aromatic nitrogens is 3. The molecule has 0 radical (unpaired) electrons. The Labute approximate surface area is 246 Å². The van der Waals surface area contributed by atoms with Crippen molar-refractivity contribution in [1.82, 2.24) is 19.5 Å². The second-order valence-electron chi connectivity index (χ2n) is 12.1. The topological polar surface area (TPSA) is 103 Å². The summed E-state index contributed by atoms with van der Waals surface area (Å²) in [4.78, 5) is 25.6. The molecule has 0 spiro atoms. The molecule has 2 aromatic heterocycles. The molecule has 10 nitrogen and oxygen atoms in total. The Hall–Kier alpha value is -3.05. The lowest BCUT2D eigenvalue weighted by molar-refractivity contribution is 0.0607. The van der Waals surface area contributed by atoms with Crippen LogP contribution in [0.1, 0.15) is 68.0 Å². The van der Waals surface area contributed by atoms with Crippen LogP contribution in [0.4, 0.5) is 17.3 Å². The lowest BCUT2D eigenvalue weighted by Gasteiger charge is -2.38. The molecule has 3 fully saturated rings. The molecule has 6 rings (SSSR count). The summed E-state index contributed by atoms with van der Waals surface area (Å²) in [5.74, 6) is 2.92. The Morgan fingerprint density at radius 1 is 1.00 bits per heavy atom. The zero-order valence-corrected chi connectivity index (χ0v) is 25.5. The van der Waals surface area contributed by atoms with Crippen molar-refractivity contribution in [3.63, 3.8) is 0 Å². The first-order valence-electron chi connectivity index (χ1n) is 14.5. The van der Waals surface area contributed by atoms with Crippen molar-refractivity contribution >= 4 is 50.5 Å². The molecule has 1 N–H and O–H groups in total. The third-order valence-electron chi connectivity index (χ3n) is 8.40. The van der Waals surface area contributed by atoms with Gasteiger partial charge in [0.1, 0.15) is 11.6 Å². The molecule has 3 saturated heterocycles. The van der Waals surface area contributed by atoms with Crippen LogP contribution in [0.2, 0.25) is 5.02 Å². The molecule has 0 unspecified atom stereocenters. The number of halogens is 1. The summed E-state index contributed by atoms with van der Waals surface area (Å²) in [5, 5.41) is 5.46. The van der Waals surface area contributed by atoms with E-state index in [4.69, 9.17) is 21.7 Å². The second kappa shape index (κ2) is 11.0. The van der Waals surface area contributed by atoms with Gasteiger partial charge in [0.2, 0.25) is 10.0 Å². The van der Waals surface area contributed by atoms with Crippen molar-refractivity contribution < 1.29 is 13.2 Å². The molecule has 0 saturated carbocycles. The first-order chi connectivity index (χ1) is 19.6. The van der Waals surface area contributed by atoms with Gasteiger partial charge in [-0.25, -0.2) is 13.4 Å². The number of benzene rings is 1. The Morgan fingerprint density at radius 2 is 1.76 bits per heavy atom. The SMILES string of the molecule is C[C@@H]1C[C@H](C)CN(c2cc(N3CCC3)nc3cc([C@@H]4CCCCN4C(=O)c4cc(Cl)ccc4NS(C)(=O)=O)nn23)C1. The summed E-state index contributed by atoms with van der Waals surface area (Å²) >= 11 is 6.27. The fraction of sp³-hybridized carbons (Fsp3) is 0.552. The smallest absolute Gasteiger partial charge is 0.256 e. The maximum Gasteiger partial charge on any atom is 0.256 e. The standard InChI is InChI=1S/C29H38ClN7O3S/c1-19-13-20(2)18-35(17-19)28-16-26(34-10-6-11-34)31-27-15-24(32-37(27)28)25-7-4-5-12-36(25)29(38)22-14-21(30)8-9-23(22)33-41(3,39)40/h8-9,14-16,19-20,25,33H,4-7,10-13,17-18H2,1-3H3/t19-,20+,25-/m0/s1. The van der Waals surface area contributed by atoms with Crippen LogP contribution in [0.15, 0.2) is 30.3 Å². The largest absolute Gasteiger partial charge is 0.356 e. The zero-order chi connectivity index (χ0) is 28.9. The van der Waals surface area contributed by atoms with E-state index in [9.17, 15) is 13.2 Å². The number of sulfonamides is 1. The quantitative estimate of drug-likeness (QED) is 0.433. The Balaban J connectivity index is 1.39. The highest BCUT2D eigenvalue weighted by Gasteiger charge is 2.33. The lowest BCUT2D eigenvalue weighted by atomic mass is 9.92. The summed E-state index contributed by atoms with van der Waals surface area (Å²) in [7, 11) is -3.59. The second-order valence-corrected chi connectivity index (χ2v) is 14.3. The van der Waals surface area contributed by atoms with E-state index in [1.54, 1.807) is 6.07 Å². The molecular formula is C29H38ClN7O3S. The molecule has 3 aromatic rings. The fourth-order valence-corrected chi connectivity index (χ4v) is 7.28. The van der Waals surface area contributed by atoms with Gasteiger partial charge in [-0.3, -0.25) is 9.52 Å². The van der Waals surface area contributed by atoms with Crippen molar-refractivity contribution in [3.05, 3.63) is 46.6 Å². The molecule has 41 heavy (non-hydrogen) atoms. The number of piperidine rings is 2. The molecule has 1 amide bonds. The number of nitrogens with zero attached hydrogens (tertiary/aromatic N) is 6. The summed E-state index contributed by atoms with van der Waals surface area (Å²) in [6, 6.07) is 8.58. The van der Waals surface area contributed by atoms with Crippen molar-refractivity contribution in [1.29, 1.82) is 0 Å². The number of carbonyl (C=O) groups is 1. The minimum Gasteiger partial charge on any atom is -0.356 e. The Kier molecular flexibility index (Phi) is 7.52. The van der Waals surface area contributed by atoms with Crippen molar-refractivity contribution in [3.8, 4) is 0 Å². The highest BCUT2D eigenvalue weighted by Crippen LogP contribution is 2.36. The van der Waals surface area contributed by atoms with Crippen molar-refractivity contribution in [2.75, 3.05) is 53.5 Å². The van der Waals surface area contributed by atoms with Crippen LogP contribution in [0, 0.1) is 11.8 Å². The van der Waals surface area contributed by atoms with Crippen LogP contribution < -0.4 is 14.5 Å². The number of nitrogens with one attached hydrogen (secondary N) is 1. The van der Waals surface area contributed by atoms with Crippen molar-refractivity contribution in [2.24, 2.45) is 11.8 Å². The van der Waals surface area contributed by atoms with Gasteiger partial charge in [0.05, 0.1) is 29.2 Å². The number of hydrogen-bond donors (Lipinski definition) is 1. The van der Waals surface area contributed by atoms with E-state index < -0.39 is 10.0 Å². The lowest BCUT2D eigenvalue weighted by Crippen LogP contribution is -2.41. The Bertz CT molecular complexity index is 1560. The first kappa shape index (κ1) is 28.1. The third-order valence-corrected chi connectivity index (χ3v) is 9.22. The highest BCUT2D eigenvalue weighted by atomic mass is 35.5. The molecule has 5 heterocycles. The zero-order valence-electron chi connectivity index (χ0n) is 23.9.